The molecule has 0 saturated heterocycles. The summed E-state index contributed by atoms with van der Waals surface area (Å²) in [7, 11) is 0. The molecular formula is C15H20FN3. The molecule has 0 aliphatic heterocycles. The zero-order chi connectivity index (χ0) is 14.0. The minimum atomic E-state index is -0.349. The summed E-state index contributed by atoms with van der Waals surface area (Å²) in [6.45, 7) is 7.18. The van der Waals surface area contributed by atoms with Crippen molar-refractivity contribution in [2.45, 2.75) is 27.2 Å². The maximum absolute atomic E-state index is 14.0. The quantitative estimate of drug-likeness (QED) is 0.826. The number of nitrogens with zero attached hydrogens (tertiary/aromatic N) is 1. The van der Waals surface area contributed by atoms with Gasteiger partial charge < -0.3 is 11.1 Å². The summed E-state index contributed by atoms with van der Waals surface area (Å²) in [5.74, 6) is -0.349. The summed E-state index contributed by atoms with van der Waals surface area (Å²) >= 11 is 0. The SMILES string of the molecule is CC(C)(C)CCNc1c(F)cc(N)c2cccnc12. The second-order valence-electron chi connectivity index (χ2n) is 5.96. The Morgan fingerprint density at radius 2 is 2.11 bits per heavy atom. The van der Waals surface area contributed by atoms with E-state index in [0.29, 0.717) is 23.4 Å². The van der Waals surface area contributed by atoms with Crippen LogP contribution in [0.4, 0.5) is 15.8 Å². The Morgan fingerprint density at radius 1 is 1.37 bits per heavy atom. The van der Waals surface area contributed by atoms with Gasteiger partial charge in [0, 0.05) is 23.8 Å². The summed E-state index contributed by atoms with van der Waals surface area (Å²) in [6, 6.07) is 5.00. The number of fused-ring (bicyclic) bond motifs is 1. The highest BCUT2D eigenvalue weighted by molar-refractivity contribution is 5.98. The van der Waals surface area contributed by atoms with Crippen molar-refractivity contribution in [3.05, 3.63) is 30.2 Å². The molecule has 0 unspecified atom stereocenters. The zero-order valence-corrected chi connectivity index (χ0v) is 11.6. The predicted molar refractivity (Wildman–Crippen MR) is 78.7 cm³/mol. The Morgan fingerprint density at radius 3 is 2.79 bits per heavy atom. The lowest BCUT2D eigenvalue weighted by molar-refractivity contribution is 0.389. The first-order valence-corrected chi connectivity index (χ1v) is 6.45. The molecule has 2 rings (SSSR count). The molecule has 0 aliphatic carbocycles. The van der Waals surface area contributed by atoms with Gasteiger partial charge in [-0.15, -0.1) is 0 Å². The molecule has 0 spiro atoms. The van der Waals surface area contributed by atoms with Crippen molar-refractivity contribution < 1.29 is 4.39 Å². The number of benzene rings is 1. The lowest BCUT2D eigenvalue weighted by atomic mass is 9.92. The number of hydrogen-bond acceptors (Lipinski definition) is 3. The molecule has 1 heterocycles. The van der Waals surface area contributed by atoms with Crippen LogP contribution in [0.15, 0.2) is 24.4 Å². The Balaban J connectivity index is 2.32. The van der Waals surface area contributed by atoms with Gasteiger partial charge in [-0.25, -0.2) is 4.39 Å². The summed E-state index contributed by atoms with van der Waals surface area (Å²) in [4.78, 5) is 4.24. The molecule has 0 aliphatic rings. The summed E-state index contributed by atoms with van der Waals surface area (Å²) in [6.07, 6.45) is 2.60. The van der Waals surface area contributed by atoms with Crippen molar-refractivity contribution >= 4 is 22.3 Å². The van der Waals surface area contributed by atoms with Crippen LogP contribution in [0.25, 0.3) is 10.9 Å². The molecule has 0 fully saturated rings. The monoisotopic (exact) mass is 261 g/mol. The summed E-state index contributed by atoms with van der Waals surface area (Å²) < 4.78 is 14.0. The number of halogens is 1. The molecular weight excluding hydrogens is 241 g/mol. The van der Waals surface area contributed by atoms with Gasteiger partial charge >= 0.3 is 0 Å². The third-order valence-electron chi connectivity index (χ3n) is 3.05. The fourth-order valence-electron chi connectivity index (χ4n) is 1.97. The van der Waals surface area contributed by atoms with Crippen LogP contribution in [0.3, 0.4) is 0 Å². The van der Waals surface area contributed by atoms with Gasteiger partial charge in [-0.1, -0.05) is 20.8 Å². The topological polar surface area (TPSA) is 50.9 Å². The van der Waals surface area contributed by atoms with Gasteiger partial charge in [0.2, 0.25) is 0 Å². The van der Waals surface area contributed by atoms with Crippen molar-refractivity contribution in [1.82, 2.24) is 4.98 Å². The molecule has 0 atom stereocenters. The van der Waals surface area contributed by atoms with E-state index in [1.54, 1.807) is 12.3 Å². The maximum Gasteiger partial charge on any atom is 0.150 e. The largest absolute Gasteiger partial charge is 0.398 e. The van der Waals surface area contributed by atoms with Crippen LogP contribution in [0.1, 0.15) is 27.2 Å². The van der Waals surface area contributed by atoms with Crippen LogP contribution < -0.4 is 11.1 Å². The maximum atomic E-state index is 14.0. The lowest BCUT2D eigenvalue weighted by Crippen LogP contribution is -2.14. The van der Waals surface area contributed by atoms with Gasteiger partial charge in [0.15, 0.2) is 5.82 Å². The number of nitrogens with two attached hydrogens (primary N) is 1. The van der Waals surface area contributed by atoms with E-state index in [0.717, 1.165) is 11.8 Å². The Bertz CT molecular complexity index is 588. The van der Waals surface area contributed by atoms with Gasteiger partial charge in [0.25, 0.3) is 0 Å². The average Bonchev–Trinajstić information content (AvgIpc) is 2.32. The standard InChI is InChI=1S/C15H20FN3/c1-15(2,3)6-8-19-14-11(16)9-12(17)10-5-4-7-18-13(10)14/h4-5,7,9,19H,6,8,17H2,1-3H3. The van der Waals surface area contributed by atoms with Crippen molar-refractivity contribution in [3.63, 3.8) is 0 Å². The number of aromatic nitrogens is 1. The molecule has 0 radical (unpaired) electrons. The minimum Gasteiger partial charge on any atom is -0.398 e. The van der Waals surface area contributed by atoms with E-state index in [2.05, 4.69) is 31.1 Å². The average molecular weight is 261 g/mol. The summed E-state index contributed by atoms with van der Waals surface area (Å²) in [5, 5.41) is 3.93. The highest BCUT2D eigenvalue weighted by atomic mass is 19.1. The first-order chi connectivity index (χ1) is 8.88. The molecule has 0 amide bonds. The number of nitrogens with one attached hydrogen (secondary N) is 1. The number of rotatable bonds is 3. The van der Waals surface area contributed by atoms with Crippen LogP contribution in [-0.2, 0) is 0 Å². The molecule has 4 heteroatoms. The van der Waals surface area contributed by atoms with E-state index >= 15 is 0 Å². The molecule has 102 valence electrons. The van der Waals surface area contributed by atoms with E-state index < -0.39 is 0 Å². The second kappa shape index (κ2) is 5.03. The summed E-state index contributed by atoms with van der Waals surface area (Å²) in [5.41, 5.74) is 7.47. The number of hydrogen-bond donors (Lipinski definition) is 2. The minimum absolute atomic E-state index is 0.209. The molecule has 1 aromatic carbocycles. The van der Waals surface area contributed by atoms with Gasteiger partial charge in [-0.05, 0) is 30.0 Å². The normalized spacial score (nSPS) is 11.8. The first kappa shape index (κ1) is 13.6. The van der Waals surface area contributed by atoms with Crippen LogP contribution >= 0.6 is 0 Å². The van der Waals surface area contributed by atoms with E-state index in [1.807, 2.05) is 6.07 Å². The first-order valence-electron chi connectivity index (χ1n) is 6.45. The van der Waals surface area contributed by atoms with E-state index in [-0.39, 0.29) is 11.2 Å². The molecule has 0 saturated carbocycles. The van der Waals surface area contributed by atoms with E-state index in [4.69, 9.17) is 5.73 Å². The number of pyridine rings is 1. The number of nitrogen functional groups attached to an aromatic ring is 1. The van der Waals surface area contributed by atoms with Gasteiger partial charge in [0.05, 0.1) is 11.2 Å². The highest BCUT2D eigenvalue weighted by Gasteiger charge is 2.13. The lowest BCUT2D eigenvalue weighted by Gasteiger charge is -2.19. The van der Waals surface area contributed by atoms with Gasteiger partial charge in [-0.3, -0.25) is 4.98 Å². The Labute approximate surface area is 113 Å². The van der Waals surface area contributed by atoms with Crippen molar-refractivity contribution in [2.75, 3.05) is 17.6 Å². The molecule has 3 N–H and O–H groups in total. The van der Waals surface area contributed by atoms with Crippen LogP contribution in [-0.4, -0.2) is 11.5 Å². The van der Waals surface area contributed by atoms with E-state index in [9.17, 15) is 4.39 Å². The van der Waals surface area contributed by atoms with Crippen molar-refractivity contribution in [2.24, 2.45) is 5.41 Å². The molecule has 1 aromatic heterocycles. The van der Waals surface area contributed by atoms with Crippen LogP contribution in [0.5, 0.6) is 0 Å². The van der Waals surface area contributed by atoms with Crippen molar-refractivity contribution in [3.8, 4) is 0 Å². The highest BCUT2D eigenvalue weighted by Crippen LogP contribution is 2.30. The molecule has 2 aromatic rings. The smallest absolute Gasteiger partial charge is 0.150 e. The molecule has 3 nitrogen and oxygen atoms in total. The fourth-order valence-corrected chi connectivity index (χ4v) is 1.97. The zero-order valence-electron chi connectivity index (χ0n) is 11.6. The van der Waals surface area contributed by atoms with Crippen molar-refractivity contribution in [1.29, 1.82) is 0 Å². The van der Waals surface area contributed by atoms with Crippen LogP contribution in [0.2, 0.25) is 0 Å². The van der Waals surface area contributed by atoms with Gasteiger partial charge in [-0.2, -0.15) is 0 Å². The molecule has 19 heavy (non-hydrogen) atoms. The Hall–Kier alpha value is -1.84. The predicted octanol–water partition coefficient (Wildman–Crippen LogP) is 3.80. The van der Waals surface area contributed by atoms with E-state index in [1.165, 1.54) is 6.07 Å². The Kier molecular flexibility index (Phi) is 3.60. The third-order valence-corrected chi connectivity index (χ3v) is 3.05. The third kappa shape index (κ3) is 3.13. The van der Waals surface area contributed by atoms with Crippen LogP contribution in [0, 0.1) is 11.2 Å². The second-order valence-corrected chi connectivity index (χ2v) is 5.96. The van der Waals surface area contributed by atoms with Gasteiger partial charge in [0.1, 0.15) is 0 Å². The molecule has 0 bridgehead atoms. The fraction of sp³-hybridized carbons (Fsp3) is 0.400. The number of anilines is 2.